The Kier molecular flexibility index (Phi) is 2.95. The van der Waals surface area contributed by atoms with Crippen molar-refractivity contribution in [2.24, 2.45) is 0 Å². The average Bonchev–Trinajstić information content (AvgIpc) is 1.77. The van der Waals surface area contributed by atoms with Gasteiger partial charge in [0.05, 0.1) is 0 Å². The minimum absolute atomic E-state index is 0. The molecule has 0 bridgehead atoms. The summed E-state index contributed by atoms with van der Waals surface area (Å²) in [5.74, 6) is -0.241. The van der Waals surface area contributed by atoms with E-state index in [0.29, 0.717) is 0 Å². The second-order valence-corrected chi connectivity index (χ2v) is 1.47. The number of hydrogen-bond donors (Lipinski definition) is 0. The Morgan fingerprint density at radius 2 is 1.00 bits per heavy atom. The summed E-state index contributed by atoms with van der Waals surface area (Å²) in [5, 5.41) is 0. The van der Waals surface area contributed by atoms with Crippen LogP contribution in [0.25, 0.3) is 0 Å². The molecule has 0 amide bonds. The maximum absolute atomic E-state index is 10.3. The summed E-state index contributed by atoms with van der Waals surface area (Å²) in [6, 6.07) is 0. The van der Waals surface area contributed by atoms with Gasteiger partial charge in [-0.05, 0) is 24.3 Å². The summed E-state index contributed by atoms with van der Waals surface area (Å²) >= 11 is 0. The van der Waals surface area contributed by atoms with E-state index in [1.807, 2.05) is 0 Å². The van der Waals surface area contributed by atoms with Crippen LogP contribution < -0.4 is 0 Å². The molecule has 0 aromatic heterocycles. The zero-order valence-corrected chi connectivity index (χ0v) is 5.63. The van der Waals surface area contributed by atoms with Gasteiger partial charge in [-0.2, -0.15) is 13.5 Å². The zero-order valence-electron chi connectivity index (χ0n) is 4.63. The van der Waals surface area contributed by atoms with E-state index in [1.165, 1.54) is 24.3 Å². The van der Waals surface area contributed by atoms with E-state index >= 15 is 0 Å². The van der Waals surface area contributed by atoms with Crippen molar-refractivity contribution in [1.29, 1.82) is 0 Å². The SMILES string of the molecule is O=C1C=CC(=O)C=C1.S. The molecule has 0 radical (unpaired) electrons. The molecule has 0 N–H and O–H groups in total. The van der Waals surface area contributed by atoms with Gasteiger partial charge >= 0.3 is 0 Å². The molecule has 0 atom stereocenters. The van der Waals surface area contributed by atoms with Crippen LogP contribution in [0.5, 0.6) is 0 Å². The van der Waals surface area contributed by atoms with Gasteiger partial charge in [0.2, 0.25) is 0 Å². The number of hydrogen-bond acceptors (Lipinski definition) is 2. The van der Waals surface area contributed by atoms with E-state index in [4.69, 9.17) is 0 Å². The van der Waals surface area contributed by atoms with Crippen LogP contribution in [-0.2, 0) is 9.59 Å². The Labute approximate surface area is 59.7 Å². The number of rotatable bonds is 0. The summed E-state index contributed by atoms with van der Waals surface area (Å²) in [6.45, 7) is 0. The minimum atomic E-state index is -0.121. The fourth-order valence-corrected chi connectivity index (χ4v) is 0.440. The average molecular weight is 142 g/mol. The highest BCUT2D eigenvalue weighted by Crippen LogP contribution is 1.90. The zero-order chi connectivity index (χ0) is 5.98. The van der Waals surface area contributed by atoms with Crippen molar-refractivity contribution in [3.05, 3.63) is 24.3 Å². The third kappa shape index (κ3) is 2.28. The molecule has 0 aromatic carbocycles. The quantitative estimate of drug-likeness (QED) is 0.458. The van der Waals surface area contributed by atoms with E-state index in [-0.39, 0.29) is 25.1 Å². The van der Waals surface area contributed by atoms with Crippen LogP contribution >= 0.6 is 13.5 Å². The number of ketones is 2. The molecule has 1 aliphatic rings. The van der Waals surface area contributed by atoms with Crippen LogP contribution in [0.2, 0.25) is 0 Å². The largest absolute Gasteiger partial charge is 0.290 e. The lowest BCUT2D eigenvalue weighted by molar-refractivity contribution is -0.113. The molecule has 48 valence electrons. The smallest absolute Gasteiger partial charge is 0.178 e. The molecule has 1 aliphatic carbocycles. The Hall–Kier alpha value is -0.830. The predicted octanol–water partition coefficient (Wildman–Crippen LogP) is 0.363. The van der Waals surface area contributed by atoms with Gasteiger partial charge in [0, 0.05) is 0 Å². The normalized spacial score (nSPS) is 15.6. The summed E-state index contributed by atoms with van der Waals surface area (Å²) in [4.78, 5) is 20.6. The molecule has 0 spiro atoms. The highest BCUT2D eigenvalue weighted by Gasteiger charge is 1.97. The van der Waals surface area contributed by atoms with Gasteiger partial charge in [-0.3, -0.25) is 9.59 Å². The van der Waals surface area contributed by atoms with Crippen molar-refractivity contribution in [2.75, 3.05) is 0 Å². The van der Waals surface area contributed by atoms with Crippen LogP contribution in [-0.4, -0.2) is 11.6 Å². The Morgan fingerprint density at radius 1 is 0.778 bits per heavy atom. The fourth-order valence-electron chi connectivity index (χ4n) is 0.440. The lowest BCUT2D eigenvalue weighted by atomic mass is 10.2. The molecule has 0 heterocycles. The van der Waals surface area contributed by atoms with Gasteiger partial charge in [-0.25, -0.2) is 0 Å². The first-order valence-corrected chi connectivity index (χ1v) is 2.23. The summed E-state index contributed by atoms with van der Waals surface area (Å²) in [7, 11) is 0. The van der Waals surface area contributed by atoms with Crippen molar-refractivity contribution >= 4 is 25.1 Å². The monoisotopic (exact) mass is 142 g/mol. The van der Waals surface area contributed by atoms with E-state index in [0.717, 1.165) is 0 Å². The highest BCUT2D eigenvalue weighted by atomic mass is 32.1. The van der Waals surface area contributed by atoms with Crippen LogP contribution in [0, 0.1) is 0 Å². The van der Waals surface area contributed by atoms with Crippen molar-refractivity contribution in [1.82, 2.24) is 0 Å². The van der Waals surface area contributed by atoms with Crippen LogP contribution in [0.4, 0.5) is 0 Å². The molecule has 0 fully saturated rings. The van der Waals surface area contributed by atoms with Gasteiger partial charge in [-0.1, -0.05) is 0 Å². The Morgan fingerprint density at radius 3 is 1.22 bits per heavy atom. The van der Waals surface area contributed by atoms with Crippen LogP contribution in [0.15, 0.2) is 24.3 Å². The number of allylic oxidation sites excluding steroid dienone is 4. The minimum Gasteiger partial charge on any atom is -0.290 e. The van der Waals surface area contributed by atoms with Crippen LogP contribution in [0.1, 0.15) is 0 Å². The molecule has 0 unspecified atom stereocenters. The first-order chi connectivity index (χ1) is 3.79. The third-order valence-electron chi connectivity index (χ3n) is 0.824. The molecule has 0 aromatic rings. The maximum atomic E-state index is 10.3. The van der Waals surface area contributed by atoms with Gasteiger partial charge in [-0.15, -0.1) is 0 Å². The standard InChI is InChI=1S/C6H4O2.H2S/c7-5-1-2-6(8)4-3-5;/h1-4H;1H2. The second kappa shape index (κ2) is 3.25. The van der Waals surface area contributed by atoms with Crippen molar-refractivity contribution < 1.29 is 9.59 Å². The molecule has 0 saturated carbocycles. The summed E-state index contributed by atoms with van der Waals surface area (Å²) in [5.41, 5.74) is 0. The predicted molar refractivity (Wildman–Crippen MR) is 38.7 cm³/mol. The van der Waals surface area contributed by atoms with Gasteiger partial charge in [0.15, 0.2) is 11.6 Å². The van der Waals surface area contributed by atoms with Gasteiger partial charge in [0.1, 0.15) is 0 Å². The van der Waals surface area contributed by atoms with Crippen LogP contribution in [0.3, 0.4) is 0 Å². The van der Waals surface area contributed by atoms with E-state index in [9.17, 15) is 9.59 Å². The fraction of sp³-hybridized carbons (Fsp3) is 0. The molecule has 2 nitrogen and oxygen atoms in total. The Balaban J connectivity index is 0.000000640. The van der Waals surface area contributed by atoms with E-state index < -0.39 is 0 Å². The number of carbonyl (C=O) groups excluding carboxylic acids is 2. The highest BCUT2D eigenvalue weighted by molar-refractivity contribution is 7.59. The molecular weight excluding hydrogens is 136 g/mol. The maximum Gasteiger partial charge on any atom is 0.178 e. The molecule has 1 rings (SSSR count). The number of carbonyl (C=O) groups is 2. The summed E-state index contributed by atoms with van der Waals surface area (Å²) < 4.78 is 0. The van der Waals surface area contributed by atoms with Crippen molar-refractivity contribution in [2.45, 2.75) is 0 Å². The topological polar surface area (TPSA) is 34.1 Å². The first-order valence-electron chi connectivity index (χ1n) is 2.23. The molecule has 9 heavy (non-hydrogen) atoms. The first kappa shape index (κ1) is 8.17. The van der Waals surface area contributed by atoms with Crippen molar-refractivity contribution in [3.8, 4) is 0 Å². The molecule has 3 heteroatoms. The van der Waals surface area contributed by atoms with Gasteiger partial charge in [0.25, 0.3) is 0 Å². The Bertz CT molecular complexity index is 153. The third-order valence-corrected chi connectivity index (χ3v) is 0.824. The second-order valence-electron chi connectivity index (χ2n) is 1.47. The van der Waals surface area contributed by atoms with Crippen molar-refractivity contribution in [3.63, 3.8) is 0 Å². The lowest BCUT2D eigenvalue weighted by Crippen LogP contribution is -1.97. The molecule has 0 aliphatic heterocycles. The molecule has 0 saturated heterocycles. The van der Waals surface area contributed by atoms with E-state index in [1.54, 1.807) is 0 Å². The lowest BCUT2D eigenvalue weighted by Gasteiger charge is -1.87. The summed E-state index contributed by atoms with van der Waals surface area (Å²) in [6.07, 6.45) is 5.01. The van der Waals surface area contributed by atoms with Gasteiger partial charge < -0.3 is 0 Å². The van der Waals surface area contributed by atoms with E-state index in [2.05, 4.69) is 0 Å². The molecular formula is C6H6O2S.